The number of anilines is 1. The quantitative estimate of drug-likeness (QED) is 0.555. The molecule has 5 rings (SSSR count). The third-order valence-electron chi connectivity index (χ3n) is 4.96. The Kier molecular flexibility index (Phi) is 4.28. The van der Waals surface area contributed by atoms with Gasteiger partial charge < -0.3 is 14.8 Å². The molecule has 2 aromatic carbocycles. The van der Waals surface area contributed by atoms with Crippen LogP contribution in [0.25, 0.3) is 16.7 Å². The number of nitrogens with zero attached hydrogens (tertiary/aromatic N) is 4. The van der Waals surface area contributed by atoms with Gasteiger partial charge in [0.05, 0.1) is 28.2 Å². The second-order valence-corrected chi connectivity index (χ2v) is 7.05. The largest absolute Gasteiger partial charge is 0.486 e. The molecule has 0 saturated carbocycles. The van der Waals surface area contributed by atoms with Crippen LogP contribution in [-0.4, -0.2) is 32.4 Å². The van der Waals surface area contributed by atoms with Gasteiger partial charge in [-0.1, -0.05) is 23.7 Å². The van der Waals surface area contributed by atoms with E-state index < -0.39 is 0 Å². The molecule has 0 spiro atoms. The molecule has 0 saturated heterocycles. The maximum Gasteiger partial charge on any atom is 0.262 e. The van der Waals surface area contributed by atoms with Crippen LogP contribution in [0.2, 0.25) is 5.02 Å². The Morgan fingerprint density at radius 3 is 2.69 bits per heavy atom. The Balaban J connectivity index is 1.57. The number of benzene rings is 2. The molecule has 0 unspecified atom stereocenters. The zero-order chi connectivity index (χ0) is 20.0. The maximum absolute atomic E-state index is 12.8. The standard InChI is InChI=1S/C20H18ClN5O3/c1-2-25-19(27)12-5-3-4-6-15(12)26-18(23-24-20(25)26)11-22-14-10-17-16(9-13(14)21)28-7-8-29-17/h3-6,9-10,22H,2,7-8,11H2,1H3. The van der Waals surface area contributed by atoms with Crippen molar-refractivity contribution in [3.05, 3.63) is 57.6 Å². The van der Waals surface area contributed by atoms with Gasteiger partial charge in [-0.05, 0) is 19.1 Å². The molecule has 1 aliphatic rings. The number of hydrogen-bond acceptors (Lipinski definition) is 6. The van der Waals surface area contributed by atoms with Gasteiger partial charge in [-0.3, -0.25) is 13.8 Å². The predicted molar refractivity (Wildman–Crippen MR) is 110 cm³/mol. The van der Waals surface area contributed by atoms with Crippen LogP contribution in [0, 0.1) is 0 Å². The number of halogens is 1. The second kappa shape index (κ2) is 6.97. The highest BCUT2D eigenvalue weighted by molar-refractivity contribution is 6.33. The van der Waals surface area contributed by atoms with Crippen LogP contribution in [0.15, 0.2) is 41.2 Å². The number of fused-ring (bicyclic) bond motifs is 4. The van der Waals surface area contributed by atoms with Gasteiger partial charge in [-0.25, -0.2) is 0 Å². The number of hydrogen-bond donors (Lipinski definition) is 1. The lowest BCUT2D eigenvalue weighted by Gasteiger charge is -2.20. The van der Waals surface area contributed by atoms with E-state index in [1.807, 2.05) is 41.7 Å². The van der Waals surface area contributed by atoms with Gasteiger partial charge >= 0.3 is 0 Å². The number of rotatable bonds is 4. The van der Waals surface area contributed by atoms with E-state index in [1.165, 1.54) is 0 Å². The van der Waals surface area contributed by atoms with E-state index in [2.05, 4.69) is 15.5 Å². The fourth-order valence-corrected chi connectivity index (χ4v) is 3.81. The molecule has 0 aliphatic carbocycles. The van der Waals surface area contributed by atoms with E-state index >= 15 is 0 Å². The monoisotopic (exact) mass is 411 g/mol. The summed E-state index contributed by atoms with van der Waals surface area (Å²) in [5, 5.41) is 13.0. The van der Waals surface area contributed by atoms with Gasteiger partial charge in [-0.2, -0.15) is 0 Å². The van der Waals surface area contributed by atoms with Crippen LogP contribution in [0.1, 0.15) is 12.7 Å². The highest BCUT2D eigenvalue weighted by atomic mass is 35.5. The molecule has 4 aromatic rings. The van der Waals surface area contributed by atoms with Gasteiger partial charge in [0.2, 0.25) is 5.78 Å². The van der Waals surface area contributed by atoms with Gasteiger partial charge in [0.25, 0.3) is 5.56 Å². The van der Waals surface area contributed by atoms with E-state index in [0.717, 1.165) is 5.52 Å². The molecule has 29 heavy (non-hydrogen) atoms. The molecule has 0 atom stereocenters. The summed E-state index contributed by atoms with van der Waals surface area (Å²) in [5.74, 6) is 2.47. The highest BCUT2D eigenvalue weighted by Crippen LogP contribution is 2.38. The molecule has 3 heterocycles. The van der Waals surface area contributed by atoms with Crippen LogP contribution in [0.5, 0.6) is 11.5 Å². The maximum atomic E-state index is 12.8. The van der Waals surface area contributed by atoms with Crippen LogP contribution in [0.3, 0.4) is 0 Å². The number of aromatic nitrogens is 4. The molecular formula is C20H18ClN5O3. The highest BCUT2D eigenvalue weighted by Gasteiger charge is 2.18. The summed E-state index contributed by atoms with van der Waals surface area (Å²) < 4.78 is 14.7. The lowest BCUT2D eigenvalue weighted by atomic mass is 10.2. The Morgan fingerprint density at radius 1 is 1.14 bits per heavy atom. The smallest absolute Gasteiger partial charge is 0.262 e. The Morgan fingerprint density at radius 2 is 1.90 bits per heavy atom. The van der Waals surface area contributed by atoms with Crippen molar-refractivity contribution in [3.8, 4) is 11.5 Å². The molecule has 1 aliphatic heterocycles. The number of nitrogens with one attached hydrogen (secondary N) is 1. The molecule has 0 amide bonds. The van der Waals surface area contributed by atoms with Crippen molar-refractivity contribution in [3.63, 3.8) is 0 Å². The Bertz CT molecular complexity index is 1300. The fourth-order valence-electron chi connectivity index (χ4n) is 3.59. The van der Waals surface area contributed by atoms with Crippen molar-refractivity contribution < 1.29 is 9.47 Å². The summed E-state index contributed by atoms with van der Waals surface area (Å²) in [5.41, 5.74) is 1.41. The van der Waals surface area contributed by atoms with Gasteiger partial charge in [-0.15, -0.1) is 10.2 Å². The first kappa shape index (κ1) is 17.8. The molecular weight excluding hydrogens is 394 g/mol. The Hall–Kier alpha value is -3.26. The Labute approximate surface area is 170 Å². The molecule has 8 nitrogen and oxygen atoms in total. The predicted octanol–water partition coefficient (Wildman–Crippen LogP) is 3.10. The molecule has 148 valence electrons. The zero-order valence-electron chi connectivity index (χ0n) is 15.7. The molecule has 2 aromatic heterocycles. The first-order chi connectivity index (χ1) is 14.2. The second-order valence-electron chi connectivity index (χ2n) is 6.65. The fraction of sp³-hybridized carbons (Fsp3) is 0.250. The summed E-state index contributed by atoms with van der Waals surface area (Å²) >= 11 is 6.40. The van der Waals surface area contributed by atoms with Crippen molar-refractivity contribution in [1.29, 1.82) is 0 Å². The van der Waals surface area contributed by atoms with Crippen molar-refractivity contribution in [2.45, 2.75) is 20.0 Å². The van der Waals surface area contributed by atoms with E-state index in [4.69, 9.17) is 21.1 Å². The van der Waals surface area contributed by atoms with Crippen molar-refractivity contribution in [2.75, 3.05) is 18.5 Å². The molecule has 0 fully saturated rings. The van der Waals surface area contributed by atoms with Crippen molar-refractivity contribution in [2.24, 2.45) is 0 Å². The third kappa shape index (κ3) is 2.87. The van der Waals surface area contributed by atoms with Crippen LogP contribution < -0.4 is 20.3 Å². The summed E-state index contributed by atoms with van der Waals surface area (Å²) in [7, 11) is 0. The molecule has 1 N–H and O–H groups in total. The van der Waals surface area contributed by atoms with E-state index in [0.29, 0.717) is 65.5 Å². The average molecular weight is 412 g/mol. The zero-order valence-corrected chi connectivity index (χ0v) is 16.4. The minimum atomic E-state index is -0.0719. The lowest BCUT2D eigenvalue weighted by Crippen LogP contribution is -2.23. The first-order valence-corrected chi connectivity index (χ1v) is 9.73. The third-order valence-corrected chi connectivity index (χ3v) is 5.27. The number of para-hydroxylation sites is 1. The van der Waals surface area contributed by atoms with Crippen molar-refractivity contribution in [1.82, 2.24) is 19.2 Å². The summed E-state index contributed by atoms with van der Waals surface area (Å²) in [6.45, 7) is 3.80. The lowest BCUT2D eigenvalue weighted by molar-refractivity contribution is 0.171. The molecule has 0 bridgehead atoms. The van der Waals surface area contributed by atoms with E-state index in [-0.39, 0.29) is 5.56 Å². The van der Waals surface area contributed by atoms with Crippen molar-refractivity contribution >= 4 is 34.0 Å². The van der Waals surface area contributed by atoms with E-state index in [1.54, 1.807) is 10.6 Å². The SMILES string of the molecule is CCn1c(=O)c2ccccc2n2c(CNc3cc4c(cc3Cl)OCCO4)nnc12. The normalized spacial score (nSPS) is 13.2. The first-order valence-electron chi connectivity index (χ1n) is 9.36. The van der Waals surface area contributed by atoms with E-state index in [9.17, 15) is 4.79 Å². The summed E-state index contributed by atoms with van der Waals surface area (Å²) in [6, 6.07) is 11.0. The molecule has 9 heteroatoms. The minimum absolute atomic E-state index is 0.0719. The minimum Gasteiger partial charge on any atom is -0.486 e. The summed E-state index contributed by atoms with van der Waals surface area (Å²) in [4.78, 5) is 12.8. The van der Waals surface area contributed by atoms with Gasteiger partial charge in [0.1, 0.15) is 13.2 Å². The van der Waals surface area contributed by atoms with Crippen LogP contribution >= 0.6 is 11.6 Å². The average Bonchev–Trinajstić information content (AvgIpc) is 3.16. The van der Waals surface area contributed by atoms with Crippen LogP contribution in [0.4, 0.5) is 5.69 Å². The number of aryl methyl sites for hydroxylation is 1. The summed E-state index contributed by atoms with van der Waals surface area (Å²) in [6.07, 6.45) is 0. The molecule has 0 radical (unpaired) electrons. The van der Waals surface area contributed by atoms with Gasteiger partial charge in [0, 0.05) is 18.7 Å². The number of ether oxygens (including phenoxy) is 2. The van der Waals surface area contributed by atoms with Crippen LogP contribution in [-0.2, 0) is 13.1 Å². The van der Waals surface area contributed by atoms with Gasteiger partial charge in [0.15, 0.2) is 17.3 Å². The topological polar surface area (TPSA) is 82.7 Å².